The molecule has 0 saturated heterocycles. The number of carbonyl (C=O) groups is 4. The largest absolute Gasteiger partial charge is 0.333 e. The van der Waals surface area contributed by atoms with E-state index >= 15 is 0 Å². The molecule has 0 aromatic rings. The summed E-state index contributed by atoms with van der Waals surface area (Å²) in [5.74, 6) is -2.90. The van der Waals surface area contributed by atoms with Gasteiger partial charge in [-0.15, -0.1) is 0 Å². The number of hydrogen-bond donors (Lipinski definition) is 0. The van der Waals surface area contributed by atoms with Gasteiger partial charge in [-0.3, -0.25) is 19.2 Å². The zero-order valence-corrected chi connectivity index (χ0v) is 15.4. The van der Waals surface area contributed by atoms with Crippen LogP contribution in [-0.2, 0) is 38.5 Å². The molecule has 10 nitrogen and oxygen atoms in total. The molecule has 0 spiro atoms. The van der Waals surface area contributed by atoms with Crippen molar-refractivity contribution in [2.45, 2.75) is 27.7 Å². The molecule has 0 aliphatic heterocycles. The maximum absolute atomic E-state index is 10.8. The molecule has 0 saturated carbocycles. The fourth-order valence-corrected chi connectivity index (χ4v) is 0.957. The van der Waals surface area contributed by atoms with Gasteiger partial charge in [-0.1, -0.05) is 0 Å². The van der Waals surface area contributed by atoms with Crippen LogP contribution >= 0.6 is 0 Å². The molecule has 0 aromatic carbocycles. The van der Waals surface area contributed by atoms with Crippen LogP contribution in [0.3, 0.4) is 0 Å². The first-order valence-electron chi connectivity index (χ1n) is 5.50. The van der Waals surface area contributed by atoms with Crippen LogP contribution in [0.15, 0.2) is 0 Å². The third kappa shape index (κ3) is 13.4. The molecule has 0 amide bonds. The minimum absolute atomic E-state index is 0. The van der Waals surface area contributed by atoms with Crippen molar-refractivity contribution < 1.29 is 38.5 Å². The molecule has 0 aliphatic carbocycles. The van der Waals surface area contributed by atoms with Crippen LogP contribution < -0.4 is 0 Å². The predicted molar refractivity (Wildman–Crippen MR) is 66.2 cm³/mol. The summed E-state index contributed by atoms with van der Waals surface area (Å²) < 4.78 is 0. The average molecular weight is 407 g/mol. The van der Waals surface area contributed by atoms with Crippen LogP contribution in [0.5, 0.6) is 0 Å². The van der Waals surface area contributed by atoms with Gasteiger partial charge < -0.3 is 19.4 Å². The first-order valence-corrected chi connectivity index (χ1v) is 5.50. The summed E-state index contributed by atoms with van der Waals surface area (Å²) in [5.41, 5.74) is 0. The van der Waals surface area contributed by atoms with E-state index in [2.05, 4.69) is 19.4 Å². The number of rotatable bonds is 7. The Morgan fingerprint density at radius 3 is 0.952 bits per heavy atom. The maximum atomic E-state index is 10.8. The molecule has 3 radical (unpaired) electrons. The average Bonchev–Trinajstić information content (AvgIpc) is 2.22. The summed E-state index contributed by atoms with van der Waals surface area (Å²) in [6.07, 6.45) is 0. The maximum Gasteiger partial charge on any atom is 0.326 e. The number of hydroxylamine groups is 4. The van der Waals surface area contributed by atoms with Crippen molar-refractivity contribution in [3.63, 3.8) is 0 Å². The molecule has 0 bridgehead atoms. The molecule has 11 heteroatoms. The van der Waals surface area contributed by atoms with E-state index in [0.29, 0.717) is 10.5 Å². The van der Waals surface area contributed by atoms with Gasteiger partial charge in [0.05, 0.1) is 13.1 Å². The topological polar surface area (TPSA) is 112 Å². The Bertz CT molecular complexity index is 321. The van der Waals surface area contributed by atoms with Gasteiger partial charge in [0.1, 0.15) is 0 Å². The van der Waals surface area contributed by atoms with Gasteiger partial charge in [0.15, 0.2) is 0 Å². The zero-order chi connectivity index (χ0) is 15.7. The van der Waals surface area contributed by atoms with E-state index in [1.807, 2.05) is 0 Å². The minimum atomic E-state index is -0.724. The van der Waals surface area contributed by atoms with Crippen LogP contribution in [0.4, 0.5) is 0 Å². The summed E-state index contributed by atoms with van der Waals surface area (Å²) >= 11 is 0. The van der Waals surface area contributed by atoms with Crippen molar-refractivity contribution in [3.8, 4) is 0 Å². The predicted octanol–water partition coefficient (Wildman–Crippen LogP) is -0.878. The molecule has 0 aliphatic rings. The van der Waals surface area contributed by atoms with Gasteiger partial charge in [0, 0.05) is 64.0 Å². The number of hydrogen-bond acceptors (Lipinski definition) is 10. The Balaban J connectivity index is 0. The second-order valence-corrected chi connectivity index (χ2v) is 3.44. The Morgan fingerprint density at radius 1 is 0.619 bits per heavy atom. The van der Waals surface area contributed by atoms with Crippen molar-refractivity contribution >= 4 is 49.7 Å². The fourth-order valence-electron chi connectivity index (χ4n) is 0.957. The van der Waals surface area contributed by atoms with E-state index in [1.165, 1.54) is 0 Å². The van der Waals surface area contributed by atoms with E-state index < -0.39 is 23.9 Å². The van der Waals surface area contributed by atoms with Crippen LogP contribution in [0, 0.1) is 0 Å². The smallest absolute Gasteiger partial charge is 0.326 e. The van der Waals surface area contributed by atoms with Gasteiger partial charge in [0.2, 0.25) is 0 Å². The monoisotopic (exact) mass is 407 g/mol. The molecular weight excluding hydrogens is 391 g/mol. The van der Waals surface area contributed by atoms with E-state index in [0.717, 1.165) is 27.7 Å². The molecular formula is C10H16InN2O8. The Morgan fingerprint density at radius 2 is 0.810 bits per heavy atom. The van der Waals surface area contributed by atoms with Gasteiger partial charge >= 0.3 is 23.9 Å². The van der Waals surface area contributed by atoms with Crippen LogP contribution in [-0.4, -0.2) is 73.3 Å². The van der Waals surface area contributed by atoms with E-state index in [-0.39, 0.29) is 38.9 Å². The number of carbonyl (C=O) groups excluding carboxylic acids is 4. The second kappa shape index (κ2) is 11.3. The van der Waals surface area contributed by atoms with E-state index in [1.54, 1.807) is 0 Å². The van der Waals surface area contributed by atoms with Gasteiger partial charge in [-0.05, 0) is 0 Å². The summed E-state index contributed by atoms with van der Waals surface area (Å²) in [6, 6.07) is 0. The molecule has 0 aromatic heterocycles. The second-order valence-electron chi connectivity index (χ2n) is 3.44. The van der Waals surface area contributed by atoms with E-state index in [9.17, 15) is 19.2 Å². The van der Waals surface area contributed by atoms with Crippen LogP contribution in [0.2, 0.25) is 0 Å². The molecule has 0 heterocycles. The molecule has 0 rings (SSSR count). The van der Waals surface area contributed by atoms with Crippen LogP contribution in [0.25, 0.3) is 0 Å². The normalized spacial score (nSPS) is 9.62. The van der Waals surface area contributed by atoms with Gasteiger partial charge in [-0.25, -0.2) is 0 Å². The SMILES string of the molecule is CC(=O)ON(CCN(OC(C)=O)OC(C)=O)OC(C)=O.[In]. The zero-order valence-electron chi connectivity index (χ0n) is 12.2. The Kier molecular flexibility index (Phi) is 11.9. The van der Waals surface area contributed by atoms with Crippen molar-refractivity contribution in [3.05, 3.63) is 0 Å². The number of nitrogens with zero attached hydrogens (tertiary/aromatic N) is 2. The van der Waals surface area contributed by atoms with Crippen molar-refractivity contribution in [1.29, 1.82) is 0 Å². The first-order chi connectivity index (χ1) is 9.20. The molecule has 0 N–H and O–H groups in total. The third-order valence-corrected chi connectivity index (χ3v) is 1.39. The van der Waals surface area contributed by atoms with Gasteiger partial charge in [0.25, 0.3) is 0 Å². The van der Waals surface area contributed by atoms with Crippen LogP contribution in [0.1, 0.15) is 27.7 Å². The summed E-state index contributed by atoms with van der Waals surface area (Å²) in [7, 11) is 0. The Labute approximate surface area is 139 Å². The molecule has 21 heavy (non-hydrogen) atoms. The summed E-state index contributed by atoms with van der Waals surface area (Å²) in [6.45, 7) is 3.97. The van der Waals surface area contributed by atoms with Crippen molar-refractivity contribution in [2.75, 3.05) is 13.1 Å². The van der Waals surface area contributed by atoms with Gasteiger partial charge in [-0.2, -0.15) is 0 Å². The first kappa shape index (κ1) is 22.0. The minimum Gasteiger partial charge on any atom is -0.333 e. The summed E-state index contributed by atoms with van der Waals surface area (Å²) in [4.78, 5) is 61.4. The van der Waals surface area contributed by atoms with Crippen molar-refractivity contribution in [2.24, 2.45) is 0 Å². The fraction of sp³-hybridized carbons (Fsp3) is 0.600. The molecule has 0 fully saturated rings. The summed E-state index contributed by atoms with van der Waals surface area (Å²) in [5, 5.41) is 1.15. The van der Waals surface area contributed by atoms with E-state index in [4.69, 9.17) is 0 Å². The molecule has 117 valence electrons. The molecule has 0 atom stereocenters. The van der Waals surface area contributed by atoms with Crippen molar-refractivity contribution in [1.82, 2.24) is 10.5 Å². The quantitative estimate of drug-likeness (QED) is 0.494. The molecule has 0 unspecified atom stereocenters. The standard InChI is InChI=1S/C10H16N2O8.In/c1-7(13)17-11(18-8(2)14)5-6-12(19-9(3)15)20-10(4)16;/h5-6H2,1-4H3;. The Hall–Kier alpha value is -1.33. The third-order valence-electron chi connectivity index (χ3n) is 1.39.